The van der Waals surface area contributed by atoms with Crippen molar-refractivity contribution in [3.05, 3.63) is 16.3 Å². The highest BCUT2D eigenvalue weighted by Crippen LogP contribution is 2.27. The Morgan fingerprint density at radius 1 is 1.44 bits per heavy atom. The highest BCUT2D eigenvalue weighted by Gasteiger charge is 2.14. The van der Waals surface area contributed by atoms with Crippen LogP contribution in [0.1, 0.15) is 31.7 Å². The van der Waals surface area contributed by atoms with Gasteiger partial charge < -0.3 is 14.8 Å². The molecule has 0 fully saturated rings. The van der Waals surface area contributed by atoms with Crippen LogP contribution in [0.5, 0.6) is 5.75 Å². The SMILES string of the molecule is CCNC(COC(C)C)c1cc(OC)cs1. The van der Waals surface area contributed by atoms with Crippen LogP contribution in [0.4, 0.5) is 0 Å². The van der Waals surface area contributed by atoms with E-state index in [0.29, 0.717) is 6.61 Å². The molecule has 16 heavy (non-hydrogen) atoms. The first kappa shape index (κ1) is 13.5. The lowest BCUT2D eigenvalue weighted by Crippen LogP contribution is -2.25. The summed E-state index contributed by atoms with van der Waals surface area (Å²) in [6, 6.07) is 2.34. The highest BCUT2D eigenvalue weighted by atomic mass is 32.1. The molecule has 0 aliphatic rings. The molecular weight excluding hydrogens is 222 g/mol. The first-order valence-electron chi connectivity index (χ1n) is 5.64. The Balaban J connectivity index is 2.60. The van der Waals surface area contributed by atoms with E-state index in [0.717, 1.165) is 12.3 Å². The van der Waals surface area contributed by atoms with Gasteiger partial charge in [-0.25, -0.2) is 0 Å². The number of hydrogen-bond acceptors (Lipinski definition) is 4. The van der Waals surface area contributed by atoms with E-state index in [1.165, 1.54) is 4.88 Å². The summed E-state index contributed by atoms with van der Waals surface area (Å²) in [5, 5.41) is 5.44. The Kier molecular flexibility index (Phi) is 5.80. The van der Waals surface area contributed by atoms with Crippen LogP contribution in [0.2, 0.25) is 0 Å². The third-order valence-electron chi connectivity index (χ3n) is 2.22. The fraction of sp³-hybridized carbons (Fsp3) is 0.667. The summed E-state index contributed by atoms with van der Waals surface area (Å²) < 4.78 is 10.8. The van der Waals surface area contributed by atoms with Crippen LogP contribution in [-0.2, 0) is 4.74 Å². The molecule has 1 unspecified atom stereocenters. The van der Waals surface area contributed by atoms with E-state index < -0.39 is 0 Å². The molecule has 92 valence electrons. The van der Waals surface area contributed by atoms with E-state index >= 15 is 0 Å². The van der Waals surface area contributed by atoms with Crippen molar-refractivity contribution < 1.29 is 9.47 Å². The maximum Gasteiger partial charge on any atom is 0.129 e. The summed E-state index contributed by atoms with van der Waals surface area (Å²) in [5.41, 5.74) is 0. The summed E-state index contributed by atoms with van der Waals surface area (Å²) in [7, 11) is 1.69. The normalized spacial score (nSPS) is 13.1. The molecular formula is C12H21NO2S. The van der Waals surface area contributed by atoms with E-state index in [-0.39, 0.29) is 12.1 Å². The average molecular weight is 243 g/mol. The zero-order chi connectivity index (χ0) is 12.0. The summed E-state index contributed by atoms with van der Waals surface area (Å²) in [5.74, 6) is 0.924. The van der Waals surface area contributed by atoms with Crippen molar-refractivity contribution in [1.29, 1.82) is 0 Å². The van der Waals surface area contributed by atoms with Crippen molar-refractivity contribution >= 4 is 11.3 Å². The fourth-order valence-corrected chi connectivity index (χ4v) is 2.32. The largest absolute Gasteiger partial charge is 0.496 e. The second kappa shape index (κ2) is 6.89. The molecule has 0 amide bonds. The van der Waals surface area contributed by atoms with Gasteiger partial charge in [0.05, 0.1) is 25.9 Å². The van der Waals surface area contributed by atoms with Crippen molar-refractivity contribution in [1.82, 2.24) is 5.32 Å². The number of hydrogen-bond donors (Lipinski definition) is 1. The van der Waals surface area contributed by atoms with Crippen LogP contribution in [0.15, 0.2) is 11.4 Å². The van der Waals surface area contributed by atoms with Crippen LogP contribution in [-0.4, -0.2) is 26.4 Å². The molecule has 0 aromatic carbocycles. The Hall–Kier alpha value is -0.580. The van der Waals surface area contributed by atoms with Gasteiger partial charge in [0.15, 0.2) is 0 Å². The maximum atomic E-state index is 5.66. The van der Waals surface area contributed by atoms with Crippen LogP contribution in [0.3, 0.4) is 0 Å². The minimum absolute atomic E-state index is 0.265. The van der Waals surface area contributed by atoms with Crippen molar-refractivity contribution in [2.45, 2.75) is 32.9 Å². The highest BCUT2D eigenvalue weighted by molar-refractivity contribution is 7.10. The molecule has 1 atom stereocenters. The van der Waals surface area contributed by atoms with E-state index in [9.17, 15) is 0 Å². The molecule has 0 bridgehead atoms. The average Bonchev–Trinajstić information content (AvgIpc) is 2.72. The lowest BCUT2D eigenvalue weighted by atomic mass is 10.2. The predicted molar refractivity (Wildman–Crippen MR) is 68.4 cm³/mol. The quantitative estimate of drug-likeness (QED) is 0.799. The zero-order valence-corrected chi connectivity index (χ0v) is 11.3. The molecule has 0 radical (unpaired) electrons. The Labute approximate surface area is 102 Å². The fourth-order valence-electron chi connectivity index (χ4n) is 1.40. The number of methoxy groups -OCH3 is 1. The molecule has 0 saturated heterocycles. The van der Waals surface area contributed by atoms with E-state index in [2.05, 4.69) is 32.2 Å². The van der Waals surface area contributed by atoms with Crippen LogP contribution in [0, 0.1) is 0 Å². The lowest BCUT2D eigenvalue weighted by molar-refractivity contribution is 0.0620. The van der Waals surface area contributed by atoms with Gasteiger partial charge in [0.25, 0.3) is 0 Å². The van der Waals surface area contributed by atoms with E-state index in [4.69, 9.17) is 9.47 Å². The van der Waals surface area contributed by atoms with Crippen LogP contribution < -0.4 is 10.1 Å². The lowest BCUT2D eigenvalue weighted by Gasteiger charge is -2.18. The standard InChI is InChI=1S/C12H21NO2S/c1-5-13-11(7-15-9(2)3)12-6-10(14-4)8-16-12/h6,8-9,11,13H,5,7H2,1-4H3. The van der Waals surface area contributed by atoms with Crippen LogP contribution in [0.25, 0.3) is 0 Å². The monoisotopic (exact) mass is 243 g/mol. The maximum absolute atomic E-state index is 5.66. The number of likely N-dealkylation sites (N-methyl/N-ethyl adjacent to an activating group) is 1. The van der Waals surface area contributed by atoms with Crippen molar-refractivity contribution in [2.75, 3.05) is 20.3 Å². The first-order valence-corrected chi connectivity index (χ1v) is 6.52. The second-order valence-electron chi connectivity index (χ2n) is 3.88. The third-order valence-corrected chi connectivity index (χ3v) is 3.25. The van der Waals surface area contributed by atoms with Crippen LogP contribution >= 0.6 is 11.3 Å². The number of rotatable bonds is 7. The Bertz CT molecular complexity index is 299. The van der Waals surface area contributed by atoms with Gasteiger partial charge in [-0.05, 0) is 26.5 Å². The van der Waals surface area contributed by atoms with Gasteiger partial charge in [0.2, 0.25) is 0 Å². The van der Waals surface area contributed by atoms with Gasteiger partial charge in [-0.15, -0.1) is 11.3 Å². The second-order valence-corrected chi connectivity index (χ2v) is 4.82. The molecule has 0 spiro atoms. The Morgan fingerprint density at radius 3 is 2.69 bits per heavy atom. The van der Waals surface area contributed by atoms with Gasteiger partial charge >= 0.3 is 0 Å². The summed E-state index contributed by atoms with van der Waals surface area (Å²) in [4.78, 5) is 1.26. The number of ether oxygens (including phenoxy) is 2. The zero-order valence-electron chi connectivity index (χ0n) is 10.4. The molecule has 3 nitrogen and oxygen atoms in total. The summed E-state index contributed by atoms with van der Waals surface area (Å²) in [6.07, 6.45) is 0.267. The molecule has 1 N–H and O–H groups in total. The molecule has 1 aromatic heterocycles. The molecule has 1 rings (SSSR count). The molecule has 4 heteroatoms. The number of thiophene rings is 1. The summed E-state index contributed by atoms with van der Waals surface area (Å²) >= 11 is 1.71. The minimum atomic E-state index is 0.265. The topological polar surface area (TPSA) is 30.5 Å². The summed E-state index contributed by atoms with van der Waals surface area (Å²) in [6.45, 7) is 7.85. The van der Waals surface area contributed by atoms with Gasteiger partial charge in [-0.2, -0.15) is 0 Å². The van der Waals surface area contributed by atoms with Gasteiger partial charge in [0, 0.05) is 10.3 Å². The van der Waals surface area contributed by atoms with Crippen molar-refractivity contribution in [2.24, 2.45) is 0 Å². The first-order chi connectivity index (χ1) is 7.67. The van der Waals surface area contributed by atoms with E-state index in [1.807, 2.05) is 5.38 Å². The predicted octanol–water partition coefficient (Wildman–Crippen LogP) is 2.83. The molecule has 0 saturated carbocycles. The smallest absolute Gasteiger partial charge is 0.129 e. The van der Waals surface area contributed by atoms with Crippen molar-refractivity contribution in [3.63, 3.8) is 0 Å². The van der Waals surface area contributed by atoms with Gasteiger partial charge in [0.1, 0.15) is 5.75 Å². The van der Waals surface area contributed by atoms with Gasteiger partial charge in [-0.3, -0.25) is 0 Å². The number of nitrogens with one attached hydrogen (secondary N) is 1. The Morgan fingerprint density at radius 2 is 2.19 bits per heavy atom. The third kappa shape index (κ3) is 4.12. The molecule has 1 heterocycles. The minimum Gasteiger partial charge on any atom is -0.496 e. The van der Waals surface area contributed by atoms with Gasteiger partial charge in [-0.1, -0.05) is 6.92 Å². The van der Waals surface area contributed by atoms with Crippen molar-refractivity contribution in [3.8, 4) is 5.75 Å². The van der Waals surface area contributed by atoms with E-state index in [1.54, 1.807) is 18.4 Å². The molecule has 0 aliphatic heterocycles. The molecule has 1 aromatic rings. The molecule has 0 aliphatic carbocycles.